The third kappa shape index (κ3) is 4.18. The molecule has 0 unspecified atom stereocenters. The molecule has 1 aliphatic rings. The normalized spacial score (nSPS) is 14.3. The van der Waals surface area contributed by atoms with Gasteiger partial charge in [0.15, 0.2) is 0 Å². The Balaban J connectivity index is 1.49. The van der Waals surface area contributed by atoms with Crippen LogP contribution < -0.4 is 5.32 Å². The van der Waals surface area contributed by atoms with Gasteiger partial charge in [0.05, 0.1) is 18.4 Å². The second-order valence-electron chi connectivity index (χ2n) is 6.05. The van der Waals surface area contributed by atoms with Crippen LogP contribution in [0, 0.1) is 5.92 Å². The molecule has 1 amide bonds. The Morgan fingerprint density at radius 2 is 2.14 bits per heavy atom. The maximum absolute atomic E-state index is 11.8. The Kier molecular flexibility index (Phi) is 4.53. The summed E-state index contributed by atoms with van der Waals surface area (Å²) in [4.78, 5) is 13.8. The summed E-state index contributed by atoms with van der Waals surface area (Å²) < 4.78 is 1.86. The van der Waals surface area contributed by atoms with E-state index in [4.69, 9.17) is 0 Å². The zero-order chi connectivity index (χ0) is 15.4. The molecule has 1 aliphatic carbocycles. The van der Waals surface area contributed by atoms with Crippen molar-refractivity contribution in [3.8, 4) is 5.69 Å². The van der Waals surface area contributed by atoms with Crippen LogP contribution in [0.5, 0.6) is 0 Å². The van der Waals surface area contributed by atoms with E-state index >= 15 is 0 Å². The van der Waals surface area contributed by atoms with Gasteiger partial charge in [-0.3, -0.25) is 9.69 Å². The number of nitrogens with one attached hydrogen (secondary N) is 1. The molecule has 1 N–H and O–H groups in total. The lowest BCUT2D eigenvalue weighted by Crippen LogP contribution is -2.35. The van der Waals surface area contributed by atoms with E-state index in [1.54, 1.807) is 0 Å². The van der Waals surface area contributed by atoms with Gasteiger partial charge in [-0.05, 0) is 37.9 Å². The van der Waals surface area contributed by atoms with E-state index in [2.05, 4.69) is 10.4 Å². The predicted molar refractivity (Wildman–Crippen MR) is 85.6 cm³/mol. The first-order chi connectivity index (χ1) is 10.7. The maximum atomic E-state index is 11.8. The van der Waals surface area contributed by atoms with Gasteiger partial charge < -0.3 is 5.32 Å². The zero-order valence-electron chi connectivity index (χ0n) is 12.9. The zero-order valence-corrected chi connectivity index (χ0v) is 12.9. The van der Waals surface area contributed by atoms with Crippen LogP contribution in [-0.4, -0.2) is 40.7 Å². The van der Waals surface area contributed by atoms with Gasteiger partial charge in [-0.1, -0.05) is 18.2 Å². The van der Waals surface area contributed by atoms with Gasteiger partial charge in [-0.2, -0.15) is 5.10 Å². The molecule has 5 heteroatoms. The SMILES string of the molecule is CN(CC(=O)NCC1CC1)Cc1cnn(-c2ccccc2)c1. The third-order valence-electron chi connectivity index (χ3n) is 3.81. The maximum Gasteiger partial charge on any atom is 0.234 e. The van der Waals surface area contributed by atoms with E-state index in [0.717, 1.165) is 23.7 Å². The van der Waals surface area contributed by atoms with Crippen molar-refractivity contribution in [2.45, 2.75) is 19.4 Å². The van der Waals surface area contributed by atoms with Crippen molar-refractivity contribution in [3.63, 3.8) is 0 Å². The highest BCUT2D eigenvalue weighted by Crippen LogP contribution is 2.27. The topological polar surface area (TPSA) is 50.2 Å². The van der Waals surface area contributed by atoms with Crippen LogP contribution in [0.15, 0.2) is 42.7 Å². The van der Waals surface area contributed by atoms with Crippen LogP contribution in [0.3, 0.4) is 0 Å². The van der Waals surface area contributed by atoms with Gasteiger partial charge in [0.1, 0.15) is 0 Å². The molecule has 1 aromatic heterocycles. The fraction of sp³-hybridized carbons (Fsp3) is 0.412. The van der Waals surface area contributed by atoms with Crippen molar-refractivity contribution in [3.05, 3.63) is 48.3 Å². The van der Waals surface area contributed by atoms with Crippen LogP contribution in [0.1, 0.15) is 18.4 Å². The first-order valence-electron chi connectivity index (χ1n) is 7.75. The molecule has 0 bridgehead atoms. The third-order valence-corrected chi connectivity index (χ3v) is 3.81. The molecule has 0 saturated heterocycles. The summed E-state index contributed by atoms with van der Waals surface area (Å²) in [5.74, 6) is 0.822. The van der Waals surface area contributed by atoms with Crippen molar-refractivity contribution in [2.75, 3.05) is 20.1 Å². The Labute approximate surface area is 130 Å². The number of rotatable bonds is 7. The first-order valence-corrected chi connectivity index (χ1v) is 7.75. The minimum atomic E-state index is 0.102. The fourth-order valence-electron chi connectivity index (χ4n) is 2.41. The number of carbonyl (C=O) groups excluding carboxylic acids is 1. The molecule has 5 nitrogen and oxygen atoms in total. The summed E-state index contributed by atoms with van der Waals surface area (Å²) in [5.41, 5.74) is 2.14. The Bertz CT molecular complexity index is 619. The number of nitrogens with zero attached hydrogens (tertiary/aromatic N) is 3. The lowest BCUT2D eigenvalue weighted by atomic mass is 10.3. The van der Waals surface area contributed by atoms with E-state index in [1.807, 2.05) is 59.4 Å². The van der Waals surface area contributed by atoms with E-state index in [9.17, 15) is 4.79 Å². The van der Waals surface area contributed by atoms with Gasteiger partial charge in [0.25, 0.3) is 0 Å². The highest BCUT2D eigenvalue weighted by molar-refractivity contribution is 5.78. The molecule has 0 atom stereocenters. The number of benzene rings is 1. The minimum absolute atomic E-state index is 0.102. The summed E-state index contributed by atoms with van der Waals surface area (Å²) in [6, 6.07) is 10.0. The Morgan fingerprint density at radius 3 is 2.86 bits per heavy atom. The van der Waals surface area contributed by atoms with Crippen molar-refractivity contribution in [2.24, 2.45) is 5.92 Å². The van der Waals surface area contributed by atoms with Crippen LogP contribution in [0.25, 0.3) is 5.69 Å². The van der Waals surface area contributed by atoms with Crippen molar-refractivity contribution in [1.29, 1.82) is 0 Å². The first kappa shape index (κ1) is 14.8. The van der Waals surface area contributed by atoms with Gasteiger partial charge >= 0.3 is 0 Å². The largest absolute Gasteiger partial charge is 0.355 e. The Morgan fingerprint density at radius 1 is 1.36 bits per heavy atom. The van der Waals surface area contributed by atoms with Gasteiger partial charge in [0, 0.05) is 24.8 Å². The van der Waals surface area contributed by atoms with Crippen molar-refractivity contribution >= 4 is 5.91 Å². The molecule has 1 aromatic carbocycles. The van der Waals surface area contributed by atoms with Gasteiger partial charge in [0.2, 0.25) is 5.91 Å². The van der Waals surface area contributed by atoms with E-state index in [1.165, 1.54) is 12.8 Å². The van der Waals surface area contributed by atoms with Crippen molar-refractivity contribution < 1.29 is 4.79 Å². The smallest absolute Gasteiger partial charge is 0.234 e. The number of amides is 1. The molecule has 0 spiro atoms. The van der Waals surface area contributed by atoms with Crippen molar-refractivity contribution in [1.82, 2.24) is 20.0 Å². The number of aromatic nitrogens is 2. The lowest BCUT2D eigenvalue weighted by molar-refractivity contribution is -0.122. The quantitative estimate of drug-likeness (QED) is 0.848. The lowest BCUT2D eigenvalue weighted by Gasteiger charge is -2.15. The van der Waals surface area contributed by atoms with Crippen LogP contribution >= 0.6 is 0 Å². The summed E-state index contributed by atoms with van der Waals surface area (Å²) in [6.07, 6.45) is 6.38. The number of likely N-dealkylation sites (N-methyl/N-ethyl adjacent to an activating group) is 1. The van der Waals surface area contributed by atoms with E-state index in [-0.39, 0.29) is 5.91 Å². The molecule has 116 valence electrons. The van der Waals surface area contributed by atoms with E-state index < -0.39 is 0 Å². The molecule has 2 aromatic rings. The molecule has 0 radical (unpaired) electrons. The molecule has 22 heavy (non-hydrogen) atoms. The summed E-state index contributed by atoms with van der Waals surface area (Å²) in [7, 11) is 1.95. The molecule has 1 fully saturated rings. The number of hydrogen-bond donors (Lipinski definition) is 1. The highest BCUT2D eigenvalue weighted by atomic mass is 16.2. The standard InChI is InChI=1S/C17H22N4O/c1-20(13-17(22)18-9-14-7-8-14)11-15-10-19-21(12-15)16-5-3-2-4-6-16/h2-6,10,12,14H,7-9,11,13H2,1H3,(H,18,22). The molecular weight excluding hydrogens is 276 g/mol. The van der Waals surface area contributed by atoms with E-state index in [0.29, 0.717) is 13.1 Å². The second kappa shape index (κ2) is 6.75. The van der Waals surface area contributed by atoms with Crippen LogP contribution in [-0.2, 0) is 11.3 Å². The summed E-state index contributed by atoms with van der Waals surface area (Å²) in [5, 5.41) is 7.37. The van der Waals surface area contributed by atoms with Crippen LogP contribution in [0.2, 0.25) is 0 Å². The minimum Gasteiger partial charge on any atom is -0.355 e. The summed E-state index contributed by atoms with van der Waals surface area (Å²) >= 11 is 0. The molecular formula is C17H22N4O. The number of para-hydroxylation sites is 1. The molecule has 1 heterocycles. The average molecular weight is 298 g/mol. The van der Waals surface area contributed by atoms with Crippen LogP contribution in [0.4, 0.5) is 0 Å². The van der Waals surface area contributed by atoms with Gasteiger partial charge in [-0.15, -0.1) is 0 Å². The predicted octanol–water partition coefficient (Wildman–Crippen LogP) is 1.83. The highest BCUT2D eigenvalue weighted by Gasteiger charge is 2.21. The second-order valence-corrected chi connectivity index (χ2v) is 6.05. The molecule has 0 aliphatic heterocycles. The van der Waals surface area contributed by atoms with Gasteiger partial charge in [-0.25, -0.2) is 4.68 Å². The molecule has 1 saturated carbocycles. The number of hydrogen-bond acceptors (Lipinski definition) is 3. The average Bonchev–Trinajstić information content (AvgIpc) is 3.24. The summed E-state index contributed by atoms with van der Waals surface area (Å²) in [6.45, 7) is 1.96. The monoisotopic (exact) mass is 298 g/mol. The number of carbonyl (C=O) groups is 1. The fourth-order valence-corrected chi connectivity index (χ4v) is 2.41. The Hall–Kier alpha value is -2.14. The molecule has 3 rings (SSSR count).